The van der Waals surface area contributed by atoms with Gasteiger partial charge in [0.25, 0.3) is 0 Å². The first-order valence-corrected chi connectivity index (χ1v) is 6.69. The van der Waals surface area contributed by atoms with Gasteiger partial charge < -0.3 is 9.64 Å². The molecule has 1 aromatic carbocycles. The Labute approximate surface area is 126 Å². The molecule has 0 saturated heterocycles. The molecule has 0 radical (unpaired) electrons. The molecule has 0 fully saturated rings. The van der Waals surface area contributed by atoms with Crippen molar-refractivity contribution in [1.29, 1.82) is 0 Å². The van der Waals surface area contributed by atoms with E-state index in [1.54, 1.807) is 4.90 Å². The zero-order valence-electron chi connectivity index (χ0n) is 12.5. The molecule has 0 aliphatic carbocycles. The average molecular weight is 311 g/mol. The SMILES string of the molecule is CCN(c1ccc(C)cc1)c1ncc(C(F)(F)F)c(OC)n1. The van der Waals surface area contributed by atoms with Crippen molar-refractivity contribution in [2.75, 3.05) is 18.6 Å². The molecule has 1 heterocycles. The lowest BCUT2D eigenvalue weighted by Crippen LogP contribution is -2.20. The number of aromatic nitrogens is 2. The summed E-state index contributed by atoms with van der Waals surface area (Å²) >= 11 is 0. The fraction of sp³-hybridized carbons (Fsp3) is 0.333. The fourth-order valence-electron chi connectivity index (χ4n) is 2.00. The Hall–Kier alpha value is -2.31. The Morgan fingerprint density at radius 1 is 1.18 bits per heavy atom. The van der Waals surface area contributed by atoms with Crippen LogP contribution in [-0.2, 0) is 6.18 Å². The molecule has 22 heavy (non-hydrogen) atoms. The van der Waals surface area contributed by atoms with Crippen LogP contribution >= 0.6 is 0 Å². The average Bonchev–Trinajstić information content (AvgIpc) is 2.48. The quantitative estimate of drug-likeness (QED) is 0.856. The van der Waals surface area contributed by atoms with Gasteiger partial charge in [-0.3, -0.25) is 0 Å². The van der Waals surface area contributed by atoms with E-state index in [-0.39, 0.29) is 5.95 Å². The van der Waals surface area contributed by atoms with Crippen LogP contribution in [-0.4, -0.2) is 23.6 Å². The second-order valence-electron chi connectivity index (χ2n) is 4.67. The summed E-state index contributed by atoms with van der Waals surface area (Å²) in [5.74, 6) is -0.320. The smallest absolute Gasteiger partial charge is 0.423 e. The molecular formula is C15H16F3N3O. The Morgan fingerprint density at radius 3 is 2.32 bits per heavy atom. The summed E-state index contributed by atoms with van der Waals surface area (Å²) in [7, 11) is 1.16. The van der Waals surface area contributed by atoms with Crippen LogP contribution in [0.3, 0.4) is 0 Å². The molecule has 0 unspecified atom stereocenters. The van der Waals surface area contributed by atoms with E-state index in [0.717, 1.165) is 24.6 Å². The maximum atomic E-state index is 12.8. The second kappa shape index (κ2) is 6.21. The molecular weight excluding hydrogens is 295 g/mol. The van der Waals surface area contributed by atoms with Crippen LogP contribution in [0.2, 0.25) is 0 Å². The molecule has 0 bridgehead atoms. The number of benzene rings is 1. The fourth-order valence-corrected chi connectivity index (χ4v) is 2.00. The highest BCUT2D eigenvalue weighted by atomic mass is 19.4. The van der Waals surface area contributed by atoms with E-state index in [0.29, 0.717) is 6.54 Å². The molecule has 2 aromatic rings. The van der Waals surface area contributed by atoms with Gasteiger partial charge in [-0.2, -0.15) is 18.2 Å². The van der Waals surface area contributed by atoms with Crippen LogP contribution in [0, 0.1) is 6.92 Å². The molecule has 4 nitrogen and oxygen atoms in total. The number of alkyl halides is 3. The van der Waals surface area contributed by atoms with Crippen LogP contribution < -0.4 is 9.64 Å². The van der Waals surface area contributed by atoms with Crippen molar-refractivity contribution in [3.05, 3.63) is 41.6 Å². The molecule has 1 aromatic heterocycles. The summed E-state index contributed by atoms with van der Waals surface area (Å²) in [6, 6.07) is 7.57. The normalized spacial score (nSPS) is 11.4. The van der Waals surface area contributed by atoms with E-state index < -0.39 is 17.6 Å². The van der Waals surface area contributed by atoms with Crippen molar-refractivity contribution in [3.8, 4) is 5.88 Å². The molecule has 0 N–H and O–H groups in total. The van der Waals surface area contributed by atoms with Gasteiger partial charge in [0.1, 0.15) is 5.56 Å². The predicted octanol–water partition coefficient (Wildman–Crippen LogP) is 3.97. The van der Waals surface area contributed by atoms with Crippen molar-refractivity contribution < 1.29 is 17.9 Å². The minimum atomic E-state index is -4.55. The molecule has 0 amide bonds. The second-order valence-corrected chi connectivity index (χ2v) is 4.67. The number of rotatable bonds is 4. The van der Waals surface area contributed by atoms with Crippen LogP contribution in [0.25, 0.3) is 0 Å². The lowest BCUT2D eigenvalue weighted by molar-refractivity contribution is -0.139. The number of aryl methyl sites for hydroxylation is 1. The Balaban J connectivity index is 2.44. The highest BCUT2D eigenvalue weighted by Gasteiger charge is 2.36. The number of ether oxygens (including phenoxy) is 1. The van der Waals surface area contributed by atoms with Crippen molar-refractivity contribution in [2.45, 2.75) is 20.0 Å². The molecule has 0 aliphatic rings. The molecule has 0 aliphatic heterocycles. The van der Waals surface area contributed by atoms with E-state index in [1.165, 1.54) is 0 Å². The van der Waals surface area contributed by atoms with Gasteiger partial charge in [0.2, 0.25) is 11.8 Å². The molecule has 0 atom stereocenters. The van der Waals surface area contributed by atoms with E-state index in [9.17, 15) is 13.2 Å². The molecule has 0 saturated carbocycles. The van der Waals surface area contributed by atoms with Crippen molar-refractivity contribution in [1.82, 2.24) is 9.97 Å². The first-order valence-electron chi connectivity index (χ1n) is 6.69. The molecule has 118 valence electrons. The topological polar surface area (TPSA) is 38.2 Å². The van der Waals surface area contributed by atoms with Gasteiger partial charge in [-0.05, 0) is 26.0 Å². The number of hydrogen-bond donors (Lipinski definition) is 0. The highest BCUT2D eigenvalue weighted by Crippen LogP contribution is 2.35. The lowest BCUT2D eigenvalue weighted by Gasteiger charge is -2.22. The third kappa shape index (κ3) is 3.29. The summed E-state index contributed by atoms with van der Waals surface area (Å²) in [5.41, 5.74) is 0.902. The van der Waals surface area contributed by atoms with Gasteiger partial charge in [0.05, 0.1) is 7.11 Å². The third-order valence-electron chi connectivity index (χ3n) is 3.14. The number of methoxy groups -OCH3 is 1. The largest absolute Gasteiger partial charge is 0.480 e. The first-order chi connectivity index (χ1) is 10.4. The van der Waals surface area contributed by atoms with Gasteiger partial charge in [0.15, 0.2) is 0 Å². The standard InChI is InChI=1S/C15H16F3N3O/c1-4-21(11-7-5-10(2)6-8-11)14-19-9-12(15(16,17)18)13(20-14)22-3/h5-9H,4H2,1-3H3. The number of anilines is 2. The summed E-state index contributed by atoms with van der Waals surface area (Å²) in [6.07, 6.45) is -3.80. The van der Waals surface area contributed by atoms with Gasteiger partial charge in [-0.25, -0.2) is 4.98 Å². The maximum absolute atomic E-state index is 12.8. The van der Waals surface area contributed by atoms with E-state index >= 15 is 0 Å². The van der Waals surface area contributed by atoms with Crippen molar-refractivity contribution >= 4 is 11.6 Å². The van der Waals surface area contributed by atoms with Gasteiger partial charge in [-0.15, -0.1) is 0 Å². The van der Waals surface area contributed by atoms with E-state index in [1.807, 2.05) is 38.1 Å². The van der Waals surface area contributed by atoms with E-state index in [4.69, 9.17) is 4.74 Å². The summed E-state index contributed by atoms with van der Waals surface area (Å²) in [6.45, 7) is 4.34. The first kappa shape index (κ1) is 16.1. The van der Waals surface area contributed by atoms with Crippen LogP contribution in [0.5, 0.6) is 5.88 Å². The van der Waals surface area contributed by atoms with Crippen molar-refractivity contribution in [2.24, 2.45) is 0 Å². The third-order valence-corrected chi connectivity index (χ3v) is 3.14. The Kier molecular flexibility index (Phi) is 4.54. The van der Waals surface area contributed by atoms with E-state index in [2.05, 4.69) is 9.97 Å². The number of halogens is 3. The van der Waals surface area contributed by atoms with Crippen LogP contribution in [0.15, 0.2) is 30.5 Å². The number of nitrogens with zero attached hydrogens (tertiary/aromatic N) is 3. The highest BCUT2D eigenvalue weighted by molar-refractivity contribution is 5.58. The van der Waals surface area contributed by atoms with Crippen LogP contribution in [0.1, 0.15) is 18.1 Å². The van der Waals surface area contributed by atoms with Crippen LogP contribution in [0.4, 0.5) is 24.8 Å². The monoisotopic (exact) mass is 311 g/mol. The lowest BCUT2D eigenvalue weighted by atomic mass is 10.2. The Bertz CT molecular complexity index is 641. The van der Waals surface area contributed by atoms with Gasteiger partial charge >= 0.3 is 6.18 Å². The minimum Gasteiger partial charge on any atom is -0.480 e. The maximum Gasteiger partial charge on any atom is 0.423 e. The molecule has 2 rings (SSSR count). The summed E-state index contributed by atoms with van der Waals surface area (Å²) in [4.78, 5) is 9.45. The zero-order valence-corrected chi connectivity index (χ0v) is 12.5. The predicted molar refractivity (Wildman–Crippen MR) is 77.4 cm³/mol. The van der Waals surface area contributed by atoms with Gasteiger partial charge in [-0.1, -0.05) is 17.7 Å². The number of hydrogen-bond acceptors (Lipinski definition) is 4. The summed E-state index contributed by atoms with van der Waals surface area (Å²) in [5, 5.41) is 0. The van der Waals surface area contributed by atoms with Gasteiger partial charge in [0, 0.05) is 18.4 Å². The zero-order chi connectivity index (χ0) is 16.3. The molecule has 7 heteroatoms. The van der Waals surface area contributed by atoms with Crippen molar-refractivity contribution in [3.63, 3.8) is 0 Å². The minimum absolute atomic E-state index is 0.163. The molecule has 0 spiro atoms. The Morgan fingerprint density at radius 2 is 1.82 bits per heavy atom. The summed E-state index contributed by atoms with van der Waals surface area (Å²) < 4.78 is 43.3.